The fourth-order valence-corrected chi connectivity index (χ4v) is 27.5. The second-order valence-electron chi connectivity index (χ2n) is 11.9. The minimum atomic E-state index is -3.79. The van der Waals surface area contributed by atoms with E-state index in [1.165, 1.54) is 59.0 Å². The Hall–Kier alpha value is 0.0556. The molecule has 0 fully saturated rings. The van der Waals surface area contributed by atoms with Gasteiger partial charge in [0.05, 0.1) is 0 Å². The Balaban J connectivity index is 2.48. The van der Waals surface area contributed by atoms with E-state index in [0.717, 1.165) is 4.83 Å². The predicted octanol–water partition coefficient (Wildman–Crippen LogP) is 7.44. The second-order valence-corrected chi connectivity index (χ2v) is 33.8. The maximum absolute atomic E-state index is 13.8. The van der Waals surface area contributed by atoms with E-state index in [1.807, 2.05) is 11.3 Å². The van der Waals surface area contributed by atoms with Crippen LogP contribution in [0.3, 0.4) is 0 Å². The van der Waals surface area contributed by atoms with E-state index in [9.17, 15) is 8.42 Å². The van der Waals surface area contributed by atoms with Crippen molar-refractivity contribution in [1.82, 2.24) is 13.7 Å². The number of sulfonamides is 1. The first-order chi connectivity index (χ1) is 16.7. The van der Waals surface area contributed by atoms with Crippen molar-refractivity contribution in [3.8, 4) is 0 Å². The Morgan fingerprint density at radius 3 is 2.03 bits per heavy atom. The Bertz CT molecular complexity index is 1050. The van der Waals surface area contributed by atoms with Crippen molar-refractivity contribution in [3.63, 3.8) is 0 Å². The zero-order chi connectivity index (χ0) is 27.4. The molecule has 0 amide bonds. The van der Waals surface area contributed by atoms with Crippen LogP contribution in [0, 0.1) is 0 Å². The first-order valence-corrected chi connectivity index (χ1v) is 26.4. The van der Waals surface area contributed by atoms with Gasteiger partial charge in [-0.3, -0.25) is 0 Å². The molecule has 1 unspecified atom stereocenters. The van der Waals surface area contributed by atoms with Crippen molar-refractivity contribution in [2.75, 3.05) is 7.05 Å². The number of thiazole rings is 1. The zero-order valence-electron chi connectivity index (χ0n) is 24.5. The SMILES string of the molecule is CCC[CH2][Sn]([CH2]CCC)([CH2]CCC)[c]1cn2cnc(S(=O)(=O)N(C)C(C)O[Si](C)(C)C(C)(C)C)c2s1. The zero-order valence-corrected chi connectivity index (χ0v) is 30.0. The summed E-state index contributed by atoms with van der Waals surface area (Å²) in [5, 5.41) is 0.177. The molecule has 0 saturated heterocycles. The number of hydrogen-bond acceptors (Lipinski definition) is 5. The Labute approximate surface area is 230 Å². The second kappa shape index (κ2) is 12.9. The van der Waals surface area contributed by atoms with Crippen LogP contribution in [0.15, 0.2) is 17.6 Å². The molecule has 2 rings (SSSR count). The molecule has 0 aliphatic heterocycles. The van der Waals surface area contributed by atoms with Gasteiger partial charge in [0.1, 0.15) is 0 Å². The van der Waals surface area contributed by atoms with Crippen LogP contribution in [-0.4, -0.2) is 62.1 Å². The van der Waals surface area contributed by atoms with Crippen LogP contribution < -0.4 is 2.89 Å². The predicted molar refractivity (Wildman–Crippen MR) is 160 cm³/mol. The molecule has 0 aliphatic carbocycles. The quantitative estimate of drug-likeness (QED) is 0.147. The molecule has 2 heterocycles. The molecule has 0 bridgehead atoms. The first-order valence-electron chi connectivity index (χ1n) is 13.8. The van der Waals surface area contributed by atoms with Crippen LogP contribution in [0.4, 0.5) is 0 Å². The average Bonchev–Trinajstić information content (AvgIpc) is 3.38. The number of aromatic nitrogens is 2. The maximum atomic E-state index is 13.8. The van der Waals surface area contributed by atoms with Gasteiger partial charge in [-0.05, 0) is 0 Å². The summed E-state index contributed by atoms with van der Waals surface area (Å²) < 4.78 is 42.9. The summed E-state index contributed by atoms with van der Waals surface area (Å²) in [6.45, 7) is 19.5. The molecule has 2 aromatic rings. The van der Waals surface area contributed by atoms with Crippen LogP contribution in [0.25, 0.3) is 4.83 Å². The number of imidazole rings is 1. The fraction of sp³-hybridized carbons (Fsp3) is 0.808. The molecule has 36 heavy (non-hydrogen) atoms. The van der Waals surface area contributed by atoms with Crippen LogP contribution in [-0.2, 0) is 14.4 Å². The molecular formula is C26H51N3O3S2SiSn. The molecule has 0 N–H and O–H groups in total. The number of rotatable bonds is 15. The van der Waals surface area contributed by atoms with E-state index < -0.39 is 42.9 Å². The molecule has 1 atom stereocenters. The van der Waals surface area contributed by atoms with Crippen molar-refractivity contribution in [1.29, 1.82) is 0 Å². The molecule has 6 nitrogen and oxygen atoms in total. The van der Waals surface area contributed by atoms with Crippen molar-refractivity contribution in [3.05, 3.63) is 12.5 Å². The van der Waals surface area contributed by atoms with Gasteiger partial charge in [-0.1, -0.05) is 0 Å². The summed E-state index contributed by atoms with van der Waals surface area (Å²) in [6, 6.07) is 0. The van der Waals surface area contributed by atoms with Gasteiger partial charge in [-0.2, -0.15) is 0 Å². The Morgan fingerprint density at radius 2 is 1.58 bits per heavy atom. The number of fused-ring (bicyclic) bond motifs is 1. The standard InChI is InChI=1S/C14H24N3O3S2Si.3C4H9.Sn/c1-11(20-23(6,7)14(2,3)4)16(5)22(18,19)12-13-17(10-15-12)8-9-21-13;3*1-3-4-2;/h8,10-11H,1-7H3;3*1,3-4H2,2H3;. The van der Waals surface area contributed by atoms with Gasteiger partial charge in [-0.25, -0.2) is 0 Å². The fourth-order valence-electron chi connectivity index (χ4n) is 4.50. The van der Waals surface area contributed by atoms with Gasteiger partial charge in [-0.15, -0.1) is 0 Å². The number of unbranched alkanes of at least 4 members (excludes halogenated alkanes) is 3. The van der Waals surface area contributed by atoms with E-state index in [1.54, 1.807) is 24.7 Å². The topological polar surface area (TPSA) is 63.9 Å². The van der Waals surface area contributed by atoms with E-state index in [0.29, 0.717) is 0 Å². The molecule has 0 radical (unpaired) electrons. The molecular weight excluding hydrogens is 613 g/mol. The monoisotopic (exact) mass is 665 g/mol. The summed E-state index contributed by atoms with van der Waals surface area (Å²) in [5.74, 6) is 0. The Kier molecular flexibility index (Phi) is 11.6. The number of hydrogen-bond donors (Lipinski definition) is 0. The third-order valence-electron chi connectivity index (χ3n) is 8.14. The van der Waals surface area contributed by atoms with E-state index in [4.69, 9.17) is 4.43 Å². The average molecular weight is 665 g/mol. The summed E-state index contributed by atoms with van der Waals surface area (Å²) in [6.07, 6.45) is 10.9. The first kappa shape index (κ1) is 32.3. The molecule has 0 aliphatic rings. The van der Waals surface area contributed by atoms with Crippen LogP contribution in [0.1, 0.15) is 87.0 Å². The van der Waals surface area contributed by atoms with Crippen molar-refractivity contribution < 1.29 is 12.8 Å². The van der Waals surface area contributed by atoms with Gasteiger partial charge in [0, 0.05) is 0 Å². The van der Waals surface area contributed by atoms with Crippen molar-refractivity contribution in [2.45, 2.75) is 130 Å². The molecule has 208 valence electrons. The molecule has 10 heteroatoms. The van der Waals surface area contributed by atoms with Gasteiger partial charge in [0.25, 0.3) is 0 Å². The van der Waals surface area contributed by atoms with Gasteiger partial charge >= 0.3 is 232 Å². The molecule has 2 aromatic heterocycles. The summed E-state index contributed by atoms with van der Waals surface area (Å²) in [5.41, 5.74) is 0. The van der Waals surface area contributed by atoms with Gasteiger partial charge in [0.15, 0.2) is 0 Å². The van der Waals surface area contributed by atoms with E-state index >= 15 is 0 Å². The van der Waals surface area contributed by atoms with Crippen molar-refractivity contribution >= 4 is 55.8 Å². The molecule has 0 spiro atoms. The number of nitrogens with zero attached hydrogens (tertiary/aromatic N) is 3. The van der Waals surface area contributed by atoms with E-state index in [-0.39, 0.29) is 10.1 Å². The third kappa shape index (κ3) is 7.17. The molecule has 0 aromatic carbocycles. The van der Waals surface area contributed by atoms with Gasteiger partial charge < -0.3 is 0 Å². The summed E-state index contributed by atoms with van der Waals surface area (Å²) in [7, 11) is -4.29. The van der Waals surface area contributed by atoms with Gasteiger partial charge in [0.2, 0.25) is 0 Å². The van der Waals surface area contributed by atoms with Crippen LogP contribution >= 0.6 is 11.3 Å². The van der Waals surface area contributed by atoms with E-state index in [2.05, 4.69) is 65.8 Å². The molecule has 0 saturated carbocycles. The summed E-state index contributed by atoms with van der Waals surface area (Å²) in [4.78, 5) is 5.17. The Morgan fingerprint density at radius 1 is 1.08 bits per heavy atom. The summed E-state index contributed by atoms with van der Waals surface area (Å²) >= 11 is -0.942. The van der Waals surface area contributed by atoms with Crippen LogP contribution in [0.5, 0.6) is 0 Å². The third-order valence-corrected chi connectivity index (χ3v) is 33.9. The van der Waals surface area contributed by atoms with Crippen molar-refractivity contribution in [2.24, 2.45) is 0 Å². The normalized spacial score (nSPS) is 14.8. The minimum absolute atomic E-state index is 0.00197. The van der Waals surface area contributed by atoms with Crippen LogP contribution in [0.2, 0.25) is 31.4 Å².